The molecule has 1 unspecified atom stereocenters. The molecule has 3 rings (SSSR count). The van der Waals surface area contributed by atoms with Crippen molar-refractivity contribution in [3.8, 4) is 0 Å². The van der Waals surface area contributed by atoms with Crippen LogP contribution in [-0.2, 0) is 6.54 Å². The predicted molar refractivity (Wildman–Crippen MR) is 83.5 cm³/mol. The van der Waals surface area contributed by atoms with Crippen molar-refractivity contribution in [2.45, 2.75) is 51.6 Å². The SMILES string of the molecule is CCCC1CCCCN1Cc1nc2ccc(N)cc2[nH]1. The number of nitrogens with zero attached hydrogens (tertiary/aromatic N) is 2. The highest BCUT2D eigenvalue weighted by atomic mass is 15.2. The lowest BCUT2D eigenvalue weighted by atomic mass is 9.98. The van der Waals surface area contributed by atoms with E-state index in [9.17, 15) is 0 Å². The summed E-state index contributed by atoms with van der Waals surface area (Å²) in [5, 5.41) is 0. The van der Waals surface area contributed by atoms with Gasteiger partial charge in [-0.3, -0.25) is 4.90 Å². The van der Waals surface area contributed by atoms with E-state index < -0.39 is 0 Å². The maximum atomic E-state index is 5.82. The summed E-state index contributed by atoms with van der Waals surface area (Å²) in [6, 6.07) is 6.59. The van der Waals surface area contributed by atoms with E-state index in [-0.39, 0.29) is 0 Å². The molecule has 0 spiro atoms. The van der Waals surface area contributed by atoms with Gasteiger partial charge in [0, 0.05) is 11.7 Å². The number of hydrogen-bond donors (Lipinski definition) is 2. The van der Waals surface area contributed by atoms with Gasteiger partial charge >= 0.3 is 0 Å². The summed E-state index contributed by atoms with van der Waals surface area (Å²) in [6.07, 6.45) is 6.58. The van der Waals surface area contributed by atoms with Crippen LogP contribution < -0.4 is 5.73 Å². The zero-order valence-corrected chi connectivity index (χ0v) is 12.2. The van der Waals surface area contributed by atoms with Crippen LogP contribution in [0.2, 0.25) is 0 Å². The molecule has 0 bridgehead atoms. The minimum absolute atomic E-state index is 0.729. The molecule has 1 aromatic heterocycles. The summed E-state index contributed by atoms with van der Waals surface area (Å²) >= 11 is 0. The Labute approximate surface area is 120 Å². The number of benzene rings is 1. The zero-order valence-electron chi connectivity index (χ0n) is 12.2. The molecule has 0 amide bonds. The molecule has 1 aromatic carbocycles. The van der Waals surface area contributed by atoms with Crippen molar-refractivity contribution < 1.29 is 0 Å². The Hall–Kier alpha value is -1.55. The van der Waals surface area contributed by atoms with Gasteiger partial charge in [-0.2, -0.15) is 0 Å². The number of nitrogens with two attached hydrogens (primary N) is 1. The molecule has 1 fully saturated rings. The molecular weight excluding hydrogens is 248 g/mol. The van der Waals surface area contributed by atoms with Gasteiger partial charge in [-0.1, -0.05) is 19.8 Å². The van der Waals surface area contributed by atoms with Crippen LogP contribution in [0.3, 0.4) is 0 Å². The zero-order chi connectivity index (χ0) is 13.9. The first-order valence-corrected chi connectivity index (χ1v) is 7.74. The second kappa shape index (κ2) is 5.83. The Morgan fingerprint density at radius 2 is 2.30 bits per heavy atom. The predicted octanol–water partition coefficient (Wildman–Crippen LogP) is 3.30. The molecule has 1 aliphatic rings. The highest BCUT2D eigenvalue weighted by Gasteiger charge is 2.22. The van der Waals surface area contributed by atoms with Crippen LogP contribution in [-0.4, -0.2) is 27.5 Å². The number of rotatable bonds is 4. The summed E-state index contributed by atoms with van der Waals surface area (Å²) in [4.78, 5) is 10.7. The van der Waals surface area contributed by atoms with E-state index in [2.05, 4.69) is 21.8 Å². The minimum Gasteiger partial charge on any atom is -0.399 e. The van der Waals surface area contributed by atoms with E-state index >= 15 is 0 Å². The number of H-pyrrole nitrogens is 1. The summed E-state index contributed by atoms with van der Waals surface area (Å²) in [6.45, 7) is 4.40. The first-order chi connectivity index (χ1) is 9.76. The quantitative estimate of drug-likeness (QED) is 0.840. The van der Waals surface area contributed by atoms with E-state index in [1.807, 2.05) is 18.2 Å². The Balaban J connectivity index is 1.77. The number of hydrogen-bond acceptors (Lipinski definition) is 3. The van der Waals surface area contributed by atoms with Gasteiger partial charge < -0.3 is 10.7 Å². The largest absolute Gasteiger partial charge is 0.399 e. The number of fused-ring (bicyclic) bond motifs is 1. The van der Waals surface area contributed by atoms with Crippen LogP contribution in [0.25, 0.3) is 11.0 Å². The average Bonchev–Trinajstić information content (AvgIpc) is 2.82. The number of aromatic amines is 1. The van der Waals surface area contributed by atoms with E-state index in [0.717, 1.165) is 35.1 Å². The van der Waals surface area contributed by atoms with Gasteiger partial charge in [-0.05, 0) is 44.0 Å². The van der Waals surface area contributed by atoms with Crippen LogP contribution in [0.5, 0.6) is 0 Å². The third kappa shape index (κ3) is 2.80. The van der Waals surface area contributed by atoms with Gasteiger partial charge in [-0.15, -0.1) is 0 Å². The number of imidazole rings is 1. The molecule has 1 atom stereocenters. The third-order valence-electron chi connectivity index (χ3n) is 4.28. The van der Waals surface area contributed by atoms with Crippen LogP contribution in [0, 0.1) is 0 Å². The Bertz CT molecular complexity index is 573. The van der Waals surface area contributed by atoms with Crippen LogP contribution in [0.15, 0.2) is 18.2 Å². The molecule has 108 valence electrons. The van der Waals surface area contributed by atoms with Crippen molar-refractivity contribution in [1.29, 1.82) is 0 Å². The second-order valence-electron chi connectivity index (χ2n) is 5.87. The van der Waals surface area contributed by atoms with Crippen LogP contribution in [0.4, 0.5) is 5.69 Å². The second-order valence-corrected chi connectivity index (χ2v) is 5.87. The summed E-state index contributed by atoms with van der Waals surface area (Å²) in [5.41, 5.74) is 8.67. The van der Waals surface area contributed by atoms with Gasteiger partial charge in [0.15, 0.2) is 0 Å². The summed E-state index contributed by atoms with van der Waals surface area (Å²) in [5.74, 6) is 1.06. The van der Waals surface area contributed by atoms with Crippen LogP contribution >= 0.6 is 0 Å². The smallest absolute Gasteiger partial charge is 0.121 e. The summed E-state index contributed by atoms with van der Waals surface area (Å²) < 4.78 is 0. The lowest BCUT2D eigenvalue weighted by Gasteiger charge is -2.35. The molecule has 2 heterocycles. The van der Waals surface area contributed by atoms with E-state index in [4.69, 9.17) is 5.73 Å². The molecule has 3 N–H and O–H groups in total. The van der Waals surface area contributed by atoms with Crippen molar-refractivity contribution in [3.63, 3.8) is 0 Å². The maximum absolute atomic E-state index is 5.82. The first kappa shape index (κ1) is 13.4. The molecule has 4 nitrogen and oxygen atoms in total. The van der Waals surface area contributed by atoms with Crippen molar-refractivity contribution in [2.24, 2.45) is 0 Å². The topological polar surface area (TPSA) is 57.9 Å². The summed E-state index contributed by atoms with van der Waals surface area (Å²) in [7, 11) is 0. The van der Waals surface area contributed by atoms with Gasteiger partial charge in [-0.25, -0.2) is 4.98 Å². The van der Waals surface area contributed by atoms with E-state index in [1.165, 1.54) is 38.6 Å². The van der Waals surface area contributed by atoms with Crippen LogP contribution in [0.1, 0.15) is 44.9 Å². The third-order valence-corrected chi connectivity index (χ3v) is 4.28. The van der Waals surface area contributed by atoms with E-state index in [1.54, 1.807) is 0 Å². The molecule has 0 radical (unpaired) electrons. The molecule has 1 aliphatic heterocycles. The Kier molecular flexibility index (Phi) is 3.92. The fourth-order valence-electron chi connectivity index (χ4n) is 3.28. The molecule has 2 aromatic rings. The van der Waals surface area contributed by atoms with E-state index in [0.29, 0.717) is 0 Å². The van der Waals surface area contributed by atoms with Gasteiger partial charge in [0.25, 0.3) is 0 Å². The number of aromatic nitrogens is 2. The lowest BCUT2D eigenvalue weighted by molar-refractivity contribution is 0.128. The number of piperidine rings is 1. The van der Waals surface area contributed by atoms with Gasteiger partial charge in [0.05, 0.1) is 17.6 Å². The normalized spacial score (nSPS) is 20.6. The Morgan fingerprint density at radius 3 is 3.15 bits per heavy atom. The maximum Gasteiger partial charge on any atom is 0.121 e. The standard InChI is InChI=1S/C16H24N4/c1-2-5-13-6-3-4-9-20(13)11-16-18-14-8-7-12(17)10-15(14)19-16/h7-8,10,13H,2-6,9,11,17H2,1H3,(H,18,19). The number of nitrogens with one attached hydrogen (secondary N) is 1. The molecule has 0 aliphatic carbocycles. The van der Waals surface area contributed by atoms with Gasteiger partial charge in [0.2, 0.25) is 0 Å². The average molecular weight is 272 g/mol. The molecule has 0 saturated carbocycles. The highest BCUT2D eigenvalue weighted by molar-refractivity contribution is 5.78. The van der Waals surface area contributed by atoms with Crippen molar-refractivity contribution in [1.82, 2.24) is 14.9 Å². The molecule has 20 heavy (non-hydrogen) atoms. The Morgan fingerprint density at radius 1 is 1.40 bits per heavy atom. The van der Waals surface area contributed by atoms with Gasteiger partial charge in [0.1, 0.15) is 5.82 Å². The lowest BCUT2D eigenvalue weighted by Crippen LogP contribution is -2.39. The first-order valence-electron chi connectivity index (χ1n) is 7.74. The van der Waals surface area contributed by atoms with Crippen molar-refractivity contribution in [2.75, 3.05) is 12.3 Å². The molecular formula is C16H24N4. The monoisotopic (exact) mass is 272 g/mol. The highest BCUT2D eigenvalue weighted by Crippen LogP contribution is 2.23. The fraction of sp³-hybridized carbons (Fsp3) is 0.562. The molecule has 1 saturated heterocycles. The molecule has 4 heteroatoms. The number of anilines is 1. The number of nitrogen functional groups attached to an aromatic ring is 1. The van der Waals surface area contributed by atoms with Crippen molar-refractivity contribution >= 4 is 16.7 Å². The number of likely N-dealkylation sites (tertiary alicyclic amines) is 1. The van der Waals surface area contributed by atoms with Crippen molar-refractivity contribution in [3.05, 3.63) is 24.0 Å². The minimum atomic E-state index is 0.729. The fourth-order valence-corrected chi connectivity index (χ4v) is 3.28.